The van der Waals surface area contributed by atoms with Crippen molar-refractivity contribution in [3.05, 3.63) is 89.0 Å². The van der Waals surface area contributed by atoms with E-state index in [1.54, 1.807) is 24.7 Å². The molecule has 12 heteroatoms. The molecule has 224 valence electrons. The van der Waals surface area contributed by atoms with Gasteiger partial charge in [0.2, 0.25) is 0 Å². The number of carbonyl (C=O) groups is 1. The summed E-state index contributed by atoms with van der Waals surface area (Å²) in [6.07, 6.45) is -1.71. The Morgan fingerprint density at radius 3 is 2.55 bits per heavy atom. The van der Waals surface area contributed by atoms with Crippen molar-refractivity contribution < 1.29 is 18.0 Å². The quantitative estimate of drug-likeness (QED) is 0.148. The molecule has 1 heterocycles. The van der Waals surface area contributed by atoms with Crippen LogP contribution in [0.5, 0.6) is 0 Å². The van der Waals surface area contributed by atoms with Crippen molar-refractivity contribution in [3.63, 3.8) is 0 Å². The van der Waals surface area contributed by atoms with Crippen LogP contribution in [0, 0.1) is 23.2 Å². The molecule has 3 N–H and O–H groups in total. The lowest BCUT2D eigenvalue weighted by molar-refractivity contribution is -0.138. The fourth-order valence-electron chi connectivity index (χ4n) is 4.79. The number of benzene rings is 2. The van der Waals surface area contributed by atoms with E-state index in [0.717, 1.165) is 11.6 Å². The lowest BCUT2D eigenvalue weighted by atomic mass is 9.83. The molecule has 0 aliphatic carbocycles. The Kier molecular flexibility index (Phi) is 11.9. The van der Waals surface area contributed by atoms with Crippen molar-refractivity contribution in [2.75, 3.05) is 12.4 Å². The van der Waals surface area contributed by atoms with Gasteiger partial charge in [-0.3, -0.25) is 4.79 Å². The van der Waals surface area contributed by atoms with E-state index < -0.39 is 23.8 Å². The van der Waals surface area contributed by atoms with E-state index in [0.29, 0.717) is 24.2 Å². The highest BCUT2D eigenvalue weighted by atomic mass is 35.5. The number of carbonyl (C=O) groups excluding carboxylic acids is 1. The number of nitriles is 1. The molecule has 0 amide bonds. The second kappa shape index (κ2) is 15.1. The van der Waals surface area contributed by atoms with Crippen LogP contribution in [0.25, 0.3) is 0 Å². The third-order valence-corrected chi connectivity index (χ3v) is 7.81. The summed E-state index contributed by atoms with van der Waals surface area (Å²) in [5.74, 6) is -0.896. The number of nitrogens with zero attached hydrogens (tertiary/aromatic N) is 4. The van der Waals surface area contributed by atoms with Crippen LogP contribution in [0.2, 0.25) is 0 Å². The molecule has 1 aromatic heterocycles. The van der Waals surface area contributed by atoms with Crippen molar-refractivity contribution in [2.24, 2.45) is 17.6 Å². The van der Waals surface area contributed by atoms with Gasteiger partial charge in [0.05, 0.1) is 35.6 Å². The molecule has 3 rings (SSSR count). The average Bonchev–Trinajstić information content (AvgIpc) is 3.40. The summed E-state index contributed by atoms with van der Waals surface area (Å²) in [5, 5.41) is 12.1. The van der Waals surface area contributed by atoms with Crippen LogP contribution in [0.4, 0.5) is 13.2 Å². The van der Waals surface area contributed by atoms with E-state index in [9.17, 15) is 18.0 Å². The zero-order chi connectivity index (χ0) is 30.9. The Bertz CT molecular complexity index is 1390. The Balaban J connectivity index is 1.90. The fourth-order valence-corrected chi connectivity index (χ4v) is 5.18. The monoisotopic (exact) mass is 618 g/mol. The van der Waals surface area contributed by atoms with Crippen molar-refractivity contribution in [1.82, 2.24) is 19.8 Å². The van der Waals surface area contributed by atoms with Gasteiger partial charge in [-0.15, -0.1) is 11.6 Å². The number of hydrogen-bond acceptors (Lipinski definition) is 5. The number of imidazole rings is 1. The van der Waals surface area contributed by atoms with Crippen LogP contribution in [0.15, 0.2) is 61.1 Å². The number of hydrogen-bond donors (Lipinski definition) is 2. The first-order valence-corrected chi connectivity index (χ1v) is 14.5. The number of nitrogens with two attached hydrogens (primary N) is 1. The molecule has 0 bridgehead atoms. The minimum Gasteiger partial charge on any atom is -0.361 e. The third-order valence-electron chi connectivity index (χ3n) is 7.24. The Labute approximate surface area is 254 Å². The van der Waals surface area contributed by atoms with Crippen molar-refractivity contribution in [3.8, 4) is 6.07 Å². The highest BCUT2D eigenvalue weighted by molar-refractivity contribution is 7.80. The van der Waals surface area contributed by atoms with Crippen molar-refractivity contribution >= 4 is 34.7 Å². The molecular formula is C30H34ClF3N6OS. The molecule has 0 saturated heterocycles. The second-order valence-corrected chi connectivity index (χ2v) is 10.8. The maximum absolute atomic E-state index is 13.9. The van der Waals surface area contributed by atoms with Crippen molar-refractivity contribution in [1.29, 1.82) is 5.26 Å². The van der Waals surface area contributed by atoms with Gasteiger partial charge in [-0.05, 0) is 47.5 Å². The molecule has 2 aromatic carbocycles. The number of halogens is 4. The summed E-state index contributed by atoms with van der Waals surface area (Å²) in [7, 11) is 0. The molecule has 0 fully saturated rings. The molecule has 0 aliphatic rings. The van der Waals surface area contributed by atoms with Crippen molar-refractivity contribution in [2.45, 2.75) is 52.1 Å². The lowest BCUT2D eigenvalue weighted by Gasteiger charge is -2.38. The Hall–Kier alpha value is -3.46. The van der Waals surface area contributed by atoms with Gasteiger partial charge in [0.1, 0.15) is 5.78 Å². The number of rotatable bonds is 13. The van der Waals surface area contributed by atoms with Gasteiger partial charge in [0, 0.05) is 43.8 Å². The smallest absolute Gasteiger partial charge is 0.361 e. The van der Waals surface area contributed by atoms with Gasteiger partial charge < -0.3 is 20.5 Å². The van der Waals surface area contributed by atoms with E-state index in [2.05, 4.69) is 16.4 Å². The van der Waals surface area contributed by atoms with Crippen LogP contribution in [-0.4, -0.2) is 43.9 Å². The molecule has 1 unspecified atom stereocenters. The summed E-state index contributed by atoms with van der Waals surface area (Å²) in [5.41, 5.74) is 8.10. The molecular weight excluding hydrogens is 585 g/mol. The second-order valence-electron chi connectivity index (χ2n) is 10.1. The van der Waals surface area contributed by atoms with Gasteiger partial charge in [-0.25, -0.2) is 4.98 Å². The van der Waals surface area contributed by atoms with Crippen LogP contribution in [0.3, 0.4) is 0 Å². The SMILES string of the molecule is CC[C@H](C)[C@H](C(=O)Cc1cncn1Cc1ccc(C#N)cc1)C(N)N(Cc1ccccc1C(F)(F)F)C(=S)NCCCl. The predicted molar refractivity (Wildman–Crippen MR) is 160 cm³/mol. The zero-order valence-electron chi connectivity index (χ0n) is 23.4. The van der Waals surface area contributed by atoms with E-state index >= 15 is 0 Å². The maximum Gasteiger partial charge on any atom is 0.416 e. The minimum atomic E-state index is -4.57. The molecule has 0 saturated carbocycles. The normalized spacial score (nSPS) is 13.6. The van der Waals surface area contributed by atoms with Crippen LogP contribution < -0.4 is 11.1 Å². The number of aromatic nitrogens is 2. The number of thiocarbonyl (C=S) groups is 1. The first-order chi connectivity index (χ1) is 20.0. The number of ketones is 1. The summed E-state index contributed by atoms with van der Waals surface area (Å²) in [6, 6.07) is 14.5. The molecule has 3 aromatic rings. The van der Waals surface area contributed by atoms with Gasteiger partial charge in [0.15, 0.2) is 5.11 Å². The van der Waals surface area contributed by atoms with Gasteiger partial charge in [-0.2, -0.15) is 18.4 Å². The summed E-state index contributed by atoms with van der Waals surface area (Å²) in [4.78, 5) is 19.6. The van der Waals surface area contributed by atoms with Gasteiger partial charge >= 0.3 is 6.18 Å². The van der Waals surface area contributed by atoms with Crippen LogP contribution >= 0.6 is 23.8 Å². The molecule has 0 radical (unpaired) electrons. The Morgan fingerprint density at radius 1 is 1.24 bits per heavy atom. The average molecular weight is 619 g/mol. The summed E-state index contributed by atoms with van der Waals surface area (Å²) < 4.78 is 43.3. The van der Waals surface area contributed by atoms with Crippen LogP contribution in [0.1, 0.15) is 48.2 Å². The lowest BCUT2D eigenvalue weighted by Crippen LogP contribution is -2.56. The number of Topliss-reactive ketones (excluding diaryl/α,β-unsaturated/α-hetero) is 1. The first-order valence-electron chi connectivity index (χ1n) is 13.5. The highest BCUT2D eigenvalue weighted by Gasteiger charge is 2.37. The molecule has 0 spiro atoms. The van der Waals surface area contributed by atoms with Gasteiger partial charge in [0.25, 0.3) is 0 Å². The van der Waals surface area contributed by atoms with E-state index in [-0.39, 0.29) is 47.8 Å². The topological polar surface area (TPSA) is 100.0 Å². The highest BCUT2D eigenvalue weighted by Crippen LogP contribution is 2.33. The first kappa shape index (κ1) is 33.0. The molecule has 42 heavy (non-hydrogen) atoms. The summed E-state index contributed by atoms with van der Waals surface area (Å²) >= 11 is 11.4. The minimum absolute atomic E-state index is 0.00804. The molecule has 0 aliphatic heterocycles. The zero-order valence-corrected chi connectivity index (χ0v) is 25.0. The predicted octanol–water partition coefficient (Wildman–Crippen LogP) is 5.50. The standard InChI is InChI=1S/C30H34ClF3N6OS/c1-3-20(2)27(26(41)14-24-16-37-19-39(24)17-22-10-8-21(15-35)9-11-22)28(36)40(29(42)38-13-12-31)18-23-6-4-5-7-25(23)30(32,33)34/h4-11,16,19-20,27-28H,3,12-14,17-18,36H2,1-2H3,(H,38,42)/t20-,27+,28?/m0/s1. The summed E-state index contributed by atoms with van der Waals surface area (Å²) in [6.45, 7) is 4.30. The Morgan fingerprint density at radius 2 is 1.93 bits per heavy atom. The largest absolute Gasteiger partial charge is 0.416 e. The third kappa shape index (κ3) is 8.53. The fraction of sp³-hybridized carbons (Fsp3) is 0.400. The van der Waals surface area contributed by atoms with E-state index in [1.807, 2.05) is 30.5 Å². The number of alkyl halides is 4. The maximum atomic E-state index is 13.9. The molecule has 7 nitrogen and oxygen atoms in total. The van der Waals surface area contributed by atoms with E-state index in [1.165, 1.54) is 23.1 Å². The van der Waals surface area contributed by atoms with Crippen LogP contribution in [-0.2, 0) is 30.5 Å². The molecule has 3 atom stereocenters. The van der Waals surface area contributed by atoms with Gasteiger partial charge in [-0.1, -0.05) is 50.6 Å². The number of nitrogens with one attached hydrogen (secondary N) is 1. The van der Waals surface area contributed by atoms with E-state index in [4.69, 9.17) is 34.8 Å².